The fraction of sp³-hybridized carbons (Fsp3) is 0.474. The van der Waals surface area contributed by atoms with Crippen LogP contribution in [0.2, 0.25) is 0 Å². The molecular weight excluding hydrogens is 300 g/mol. The molecule has 0 radical (unpaired) electrons. The lowest BCUT2D eigenvalue weighted by atomic mass is 9.96. The molecule has 0 spiro atoms. The Morgan fingerprint density at radius 1 is 1.38 bits per heavy atom. The number of likely N-dealkylation sites (tertiary alicyclic amines) is 1. The number of terminal acetylenes is 1. The maximum atomic E-state index is 12.6. The van der Waals surface area contributed by atoms with Crippen LogP contribution in [0.15, 0.2) is 24.3 Å². The third-order valence-corrected chi connectivity index (χ3v) is 4.61. The molecule has 1 aliphatic rings. The summed E-state index contributed by atoms with van der Waals surface area (Å²) < 4.78 is 2.10. The van der Waals surface area contributed by atoms with Crippen molar-refractivity contribution in [2.45, 2.75) is 32.7 Å². The Kier molecular flexibility index (Phi) is 5.17. The van der Waals surface area contributed by atoms with Gasteiger partial charge < -0.3 is 4.57 Å². The number of hydrogen-bond acceptors (Lipinski definition) is 3. The molecule has 126 valence electrons. The van der Waals surface area contributed by atoms with E-state index in [1.807, 2.05) is 24.3 Å². The van der Waals surface area contributed by atoms with Crippen molar-refractivity contribution in [2.24, 2.45) is 5.92 Å². The molecule has 2 heterocycles. The molecule has 1 fully saturated rings. The first-order chi connectivity index (χ1) is 11.7. The Morgan fingerprint density at radius 3 is 2.83 bits per heavy atom. The zero-order valence-corrected chi connectivity index (χ0v) is 14.2. The third-order valence-electron chi connectivity index (χ3n) is 4.61. The van der Waals surface area contributed by atoms with Crippen LogP contribution in [-0.4, -0.2) is 40.0 Å². The highest BCUT2D eigenvalue weighted by molar-refractivity contribution is 5.93. The lowest BCUT2D eigenvalue weighted by Gasteiger charge is -2.29. The smallest absolute Gasteiger partial charge is 0.229 e. The molecule has 24 heavy (non-hydrogen) atoms. The van der Waals surface area contributed by atoms with Crippen LogP contribution in [0, 0.1) is 18.3 Å². The van der Waals surface area contributed by atoms with Crippen molar-refractivity contribution < 1.29 is 4.79 Å². The van der Waals surface area contributed by atoms with Crippen molar-refractivity contribution in [2.75, 3.05) is 25.0 Å². The van der Waals surface area contributed by atoms with Crippen LogP contribution in [0.4, 0.5) is 5.95 Å². The minimum atomic E-state index is 0.0360. The molecule has 0 atom stereocenters. The lowest BCUT2D eigenvalue weighted by molar-refractivity contribution is -0.121. The number of nitrogens with zero attached hydrogens (tertiary/aromatic N) is 3. The standard InChI is InChI=1S/C19H24N4O/c1-3-11-22-13-9-15(10-14-22)18(24)21-19-20-16-7-5-6-8-17(16)23(19)12-4-2/h1,5-8,15H,4,9-14H2,2H3,(H,20,21,24). The Bertz CT molecular complexity index is 750. The van der Waals surface area contributed by atoms with Gasteiger partial charge in [-0.25, -0.2) is 4.98 Å². The second kappa shape index (κ2) is 7.50. The zero-order chi connectivity index (χ0) is 16.9. The molecule has 1 aliphatic heterocycles. The van der Waals surface area contributed by atoms with E-state index in [1.54, 1.807) is 0 Å². The summed E-state index contributed by atoms with van der Waals surface area (Å²) in [6, 6.07) is 8.00. The number of amides is 1. The minimum Gasteiger partial charge on any atom is -0.310 e. The van der Waals surface area contributed by atoms with Gasteiger partial charge in [-0.15, -0.1) is 6.42 Å². The average molecular weight is 324 g/mol. The summed E-state index contributed by atoms with van der Waals surface area (Å²) in [5, 5.41) is 3.06. The number of aryl methyl sites for hydroxylation is 1. The Balaban J connectivity index is 1.72. The topological polar surface area (TPSA) is 50.2 Å². The molecule has 1 N–H and O–H groups in total. The second-order valence-corrected chi connectivity index (χ2v) is 6.32. The molecule has 0 unspecified atom stereocenters. The maximum Gasteiger partial charge on any atom is 0.229 e. The molecule has 1 amide bonds. The summed E-state index contributed by atoms with van der Waals surface area (Å²) in [5.74, 6) is 3.44. The van der Waals surface area contributed by atoms with Crippen molar-refractivity contribution in [1.82, 2.24) is 14.5 Å². The summed E-state index contributed by atoms with van der Waals surface area (Å²) in [7, 11) is 0. The minimum absolute atomic E-state index is 0.0360. The van der Waals surface area contributed by atoms with Crippen LogP contribution < -0.4 is 5.32 Å². The van der Waals surface area contributed by atoms with Gasteiger partial charge in [0, 0.05) is 12.5 Å². The van der Waals surface area contributed by atoms with Crippen molar-refractivity contribution >= 4 is 22.9 Å². The SMILES string of the molecule is C#CCN1CCC(C(=O)Nc2nc3ccccc3n2CCC)CC1. The Hall–Kier alpha value is -2.32. The average Bonchev–Trinajstić information content (AvgIpc) is 2.94. The largest absolute Gasteiger partial charge is 0.310 e. The molecule has 0 aliphatic carbocycles. The maximum absolute atomic E-state index is 12.6. The Morgan fingerprint density at radius 2 is 2.12 bits per heavy atom. The molecule has 1 aromatic heterocycles. The highest BCUT2D eigenvalue weighted by Gasteiger charge is 2.25. The summed E-state index contributed by atoms with van der Waals surface area (Å²) in [6.45, 7) is 5.40. The van der Waals surface area contributed by atoms with E-state index in [1.165, 1.54) is 0 Å². The van der Waals surface area contributed by atoms with Gasteiger partial charge in [-0.2, -0.15) is 0 Å². The quantitative estimate of drug-likeness (QED) is 0.861. The van der Waals surface area contributed by atoms with Gasteiger partial charge in [-0.3, -0.25) is 15.0 Å². The van der Waals surface area contributed by atoms with Crippen molar-refractivity contribution in [3.63, 3.8) is 0 Å². The van der Waals surface area contributed by atoms with Gasteiger partial charge in [0.1, 0.15) is 0 Å². The lowest BCUT2D eigenvalue weighted by Crippen LogP contribution is -2.38. The van der Waals surface area contributed by atoms with Crippen molar-refractivity contribution in [3.8, 4) is 12.3 Å². The molecule has 0 bridgehead atoms. The van der Waals surface area contributed by atoms with Crippen molar-refractivity contribution in [3.05, 3.63) is 24.3 Å². The van der Waals surface area contributed by atoms with Crippen LogP contribution >= 0.6 is 0 Å². The molecular formula is C19H24N4O. The number of benzene rings is 1. The van der Waals surface area contributed by atoms with Crippen LogP contribution in [0.1, 0.15) is 26.2 Å². The van der Waals surface area contributed by atoms with Gasteiger partial charge in [-0.1, -0.05) is 25.0 Å². The number of carbonyl (C=O) groups excluding carboxylic acids is 1. The van der Waals surface area contributed by atoms with E-state index in [0.717, 1.165) is 49.9 Å². The normalized spacial score (nSPS) is 16.2. The molecule has 1 aromatic carbocycles. The highest BCUT2D eigenvalue weighted by Crippen LogP contribution is 2.23. The van der Waals surface area contributed by atoms with Crippen LogP contribution in [0.3, 0.4) is 0 Å². The first-order valence-corrected chi connectivity index (χ1v) is 8.65. The number of hydrogen-bond donors (Lipinski definition) is 1. The number of imidazole rings is 1. The number of para-hydroxylation sites is 2. The molecule has 5 nitrogen and oxygen atoms in total. The highest BCUT2D eigenvalue weighted by atomic mass is 16.2. The van der Waals surface area contributed by atoms with Gasteiger partial charge in [0.15, 0.2) is 0 Å². The van der Waals surface area contributed by atoms with Crippen molar-refractivity contribution in [1.29, 1.82) is 0 Å². The van der Waals surface area contributed by atoms with E-state index in [4.69, 9.17) is 6.42 Å². The summed E-state index contributed by atoms with van der Waals surface area (Å²) in [5.41, 5.74) is 1.99. The van der Waals surface area contributed by atoms with E-state index in [9.17, 15) is 4.79 Å². The predicted octanol–water partition coefficient (Wildman–Crippen LogP) is 2.73. The third kappa shape index (κ3) is 3.44. The number of rotatable bonds is 5. The van der Waals surface area contributed by atoms with Crippen LogP contribution in [0.25, 0.3) is 11.0 Å². The number of fused-ring (bicyclic) bond motifs is 1. The van der Waals surface area contributed by atoms with Crippen LogP contribution in [-0.2, 0) is 11.3 Å². The second-order valence-electron chi connectivity index (χ2n) is 6.32. The summed E-state index contributed by atoms with van der Waals surface area (Å²) in [6.07, 6.45) is 8.05. The molecule has 1 saturated heterocycles. The predicted molar refractivity (Wildman–Crippen MR) is 96.7 cm³/mol. The van der Waals surface area contributed by atoms with E-state index in [-0.39, 0.29) is 11.8 Å². The van der Waals surface area contributed by atoms with E-state index >= 15 is 0 Å². The zero-order valence-electron chi connectivity index (χ0n) is 14.2. The Labute approximate surface area is 143 Å². The molecule has 3 rings (SSSR count). The molecule has 2 aromatic rings. The summed E-state index contributed by atoms with van der Waals surface area (Å²) >= 11 is 0. The fourth-order valence-electron chi connectivity index (χ4n) is 3.32. The number of piperidine rings is 1. The first-order valence-electron chi connectivity index (χ1n) is 8.65. The van der Waals surface area contributed by atoms with Gasteiger partial charge in [-0.05, 0) is 44.5 Å². The molecule has 0 saturated carbocycles. The first kappa shape index (κ1) is 16.5. The van der Waals surface area contributed by atoms with Crippen LogP contribution in [0.5, 0.6) is 0 Å². The molecule has 5 heteroatoms. The fourth-order valence-corrected chi connectivity index (χ4v) is 3.32. The summed E-state index contributed by atoms with van der Waals surface area (Å²) in [4.78, 5) is 19.5. The van der Waals surface area contributed by atoms with E-state index in [2.05, 4.69) is 32.6 Å². The number of carbonyl (C=O) groups is 1. The van der Waals surface area contributed by atoms with Gasteiger partial charge in [0.05, 0.1) is 17.6 Å². The monoisotopic (exact) mass is 324 g/mol. The van der Waals surface area contributed by atoms with Gasteiger partial charge in [0.2, 0.25) is 11.9 Å². The number of aromatic nitrogens is 2. The number of anilines is 1. The van der Waals surface area contributed by atoms with E-state index in [0.29, 0.717) is 12.5 Å². The van der Waals surface area contributed by atoms with E-state index < -0.39 is 0 Å². The van der Waals surface area contributed by atoms with Gasteiger partial charge in [0.25, 0.3) is 0 Å². The van der Waals surface area contributed by atoms with Gasteiger partial charge >= 0.3 is 0 Å². The number of nitrogens with one attached hydrogen (secondary N) is 1.